The van der Waals surface area contributed by atoms with Crippen molar-refractivity contribution >= 4 is 5.91 Å². The first-order chi connectivity index (χ1) is 14.2. The van der Waals surface area contributed by atoms with Crippen molar-refractivity contribution in [2.75, 3.05) is 19.6 Å². The van der Waals surface area contributed by atoms with Crippen LogP contribution in [0.3, 0.4) is 0 Å². The van der Waals surface area contributed by atoms with Gasteiger partial charge in [0, 0.05) is 31.1 Å². The predicted molar refractivity (Wildman–Crippen MR) is 106 cm³/mol. The number of aromatic amines is 1. The number of carbonyl (C=O) groups is 1. The van der Waals surface area contributed by atoms with Gasteiger partial charge >= 0.3 is 0 Å². The fraction of sp³-hybridized carbons (Fsp3) is 0.227. The molecule has 1 amide bonds. The van der Waals surface area contributed by atoms with Gasteiger partial charge in [-0.15, -0.1) is 0 Å². The largest absolute Gasteiger partial charge is 0.457 e. The molecule has 2 aromatic carbocycles. The number of nitriles is 1. The van der Waals surface area contributed by atoms with Crippen LogP contribution in [0.15, 0.2) is 60.7 Å². The molecule has 0 spiro atoms. The standard InChI is InChI=1S/C22H19N5O2/c23-14-26-11-15-12-27(20(15)13-26)22(28)19-10-18(24-25-19)17-8-4-5-9-21(17)29-16-6-2-1-3-7-16/h1-10,15,20H,11-13H2,(H,24,25)/t15-,20?/m0/s1. The molecule has 7 heteroatoms. The number of hydrogen-bond donors (Lipinski definition) is 1. The fourth-order valence-electron chi connectivity index (χ4n) is 4.06. The lowest BCUT2D eigenvalue weighted by molar-refractivity contribution is 0.0321. The molecular weight excluding hydrogens is 366 g/mol. The predicted octanol–water partition coefficient (Wildman–Crippen LogP) is 3.11. The highest BCUT2D eigenvalue weighted by Gasteiger charge is 2.48. The van der Waals surface area contributed by atoms with Crippen LogP contribution in [0, 0.1) is 17.4 Å². The molecule has 7 nitrogen and oxygen atoms in total. The molecule has 2 aliphatic heterocycles. The molecule has 2 fully saturated rings. The number of aromatic nitrogens is 2. The van der Waals surface area contributed by atoms with Crippen LogP contribution in [-0.2, 0) is 0 Å². The summed E-state index contributed by atoms with van der Waals surface area (Å²) in [6.07, 6.45) is 2.18. The maximum atomic E-state index is 12.9. The third kappa shape index (κ3) is 3.09. The summed E-state index contributed by atoms with van der Waals surface area (Å²) in [5, 5.41) is 16.3. The molecule has 0 aliphatic carbocycles. The maximum absolute atomic E-state index is 12.9. The zero-order valence-corrected chi connectivity index (χ0v) is 15.7. The maximum Gasteiger partial charge on any atom is 0.272 e. The number of benzene rings is 2. The lowest BCUT2D eigenvalue weighted by atomic mass is 9.91. The second-order valence-corrected chi connectivity index (χ2v) is 7.37. The molecule has 29 heavy (non-hydrogen) atoms. The minimum Gasteiger partial charge on any atom is -0.457 e. The Morgan fingerprint density at radius 1 is 1.10 bits per heavy atom. The van der Waals surface area contributed by atoms with Gasteiger partial charge in [0.25, 0.3) is 5.91 Å². The van der Waals surface area contributed by atoms with Gasteiger partial charge in [-0.05, 0) is 30.3 Å². The van der Waals surface area contributed by atoms with Crippen molar-refractivity contribution in [1.29, 1.82) is 5.26 Å². The quantitative estimate of drug-likeness (QED) is 0.698. The summed E-state index contributed by atoms with van der Waals surface area (Å²) in [4.78, 5) is 16.5. The molecular formula is C22H19N5O2. The van der Waals surface area contributed by atoms with Crippen LogP contribution in [0.5, 0.6) is 11.5 Å². The van der Waals surface area contributed by atoms with Crippen molar-refractivity contribution in [2.45, 2.75) is 6.04 Å². The molecule has 0 bridgehead atoms. The van der Waals surface area contributed by atoms with Crippen LogP contribution in [0.2, 0.25) is 0 Å². The third-order valence-corrected chi connectivity index (χ3v) is 5.58. The fourth-order valence-corrected chi connectivity index (χ4v) is 4.06. The number of H-pyrrole nitrogens is 1. The highest BCUT2D eigenvalue weighted by Crippen LogP contribution is 2.35. The number of nitrogens with zero attached hydrogens (tertiary/aromatic N) is 4. The number of para-hydroxylation sites is 2. The van der Waals surface area contributed by atoms with E-state index in [0.29, 0.717) is 36.1 Å². The summed E-state index contributed by atoms with van der Waals surface area (Å²) in [7, 11) is 0. The molecule has 5 rings (SSSR count). The van der Waals surface area contributed by atoms with Crippen molar-refractivity contribution in [2.24, 2.45) is 5.92 Å². The summed E-state index contributed by atoms with van der Waals surface area (Å²) in [5.74, 6) is 1.72. The van der Waals surface area contributed by atoms with Crippen LogP contribution >= 0.6 is 0 Å². The van der Waals surface area contributed by atoms with Gasteiger partial charge in [0.05, 0.1) is 11.7 Å². The van der Waals surface area contributed by atoms with Crippen LogP contribution in [0.25, 0.3) is 11.3 Å². The molecule has 0 saturated carbocycles. The van der Waals surface area contributed by atoms with E-state index in [-0.39, 0.29) is 11.9 Å². The van der Waals surface area contributed by atoms with E-state index < -0.39 is 0 Å². The number of fused-ring (bicyclic) bond motifs is 1. The number of carbonyl (C=O) groups excluding carboxylic acids is 1. The zero-order valence-electron chi connectivity index (χ0n) is 15.7. The number of nitrogens with one attached hydrogen (secondary N) is 1. The van der Waals surface area contributed by atoms with Crippen molar-refractivity contribution in [1.82, 2.24) is 20.0 Å². The highest BCUT2D eigenvalue weighted by atomic mass is 16.5. The smallest absolute Gasteiger partial charge is 0.272 e. The Hall–Kier alpha value is -3.79. The minimum absolute atomic E-state index is 0.0775. The first-order valence-corrected chi connectivity index (χ1v) is 9.56. The molecule has 3 heterocycles. The number of hydrogen-bond acceptors (Lipinski definition) is 5. The van der Waals surface area contributed by atoms with Crippen molar-refractivity contribution in [3.8, 4) is 28.9 Å². The summed E-state index contributed by atoms with van der Waals surface area (Å²) in [6, 6.07) is 19.1. The van der Waals surface area contributed by atoms with Gasteiger partial charge in [-0.1, -0.05) is 30.3 Å². The molecule has 0 radical (unpaired) electrons. The van der Waals surface area contributed by atoms with Gasteiger partial charge in [0.1, 0.15) is 17.2 Å². The molecule has 1 unspecified atom stereocenters. The Kier molecular flexibility index (Phi) is 4.17. The Bertz CT molecular complexity index is 1090. The van der Waals surface area contributed by atoms with E-state index in [2.05, 4.69) is 16.4 Å². The molecule has 1 N–H and O–H groups in total. The van der Waals surface area contributed by atoms with Crippen molar-refractivity contribution in [3.05, 3.63) is 66.4 Å². The average Bonchev–Trinajstić information content (AvgIpc) is 3.35. The normalized spacial score (nSPS) is 20.0. The Morgan fingerprint density at radius 2 is 1.90 bits per heavy atom. The van der Waals surface area contributed by atoms with E-state index in [1.165, 1.54) is 0 Å². The van der Waals surface area contributed by atoms with E-state index in [1.54, 1.807) is 11.0 Å². The SMILES string of the molecule is N#CN1CC2[C@@H](C1)CN2C(=O)c1cc(-c2ccccc2Oc2ccccc2)n[nH]1. The molecule has 144 valence electrons. The number of likely N-dealkylation sites (tertiary alicyclic amines) is 2. The van der Waals surface area contributed by atoms with Gasteiger partial charge in [0.2, 0.25) is 0 Å². The van der Waals surface area contributed by atoms with Gasteiger partial charge in [-0.2, -0.15) is 10.4 Å². The van der Waals surface area contributed by atoms with Crippen LogP contribution in [0.4, 0.5) is 0 Å². The highest BCUT2D eigenvalue weighted by molar-refractivity contribution is 5.94. The Balaban J connectivity index is 1.36. The monoisotopic (exact) mass is 385 g/mol. The number of ether oxygens (including phenoxy) is 1. The third-order valence-electron chi connectivity index (χ3n) is 5.58. The first-order valence-electron chi connectivity index (χ1n) is 9.56. The van der Waals surface area contributed by atoms with Crippen LogP contribution < -0.4 is 4.74 Å². The molecule has 3 aromatic rings. The summed E-state index contributed by atoms with van der Waals surface area (Å²) >= 11 is 0. The average molecular weight is 385 g/mol. The van der Waals surface area contributed by atoms with E-state index in [9.17, 15) is 4.79 Å². The Morgan fingerprint density at radius 3 is 2.72 bits per heavy atom. The molecule has 2 saturated heterocycles. The number of amides is 1. The van der Waals surface area contributed by atoms with Gasteiger partial charge in [-0.3, -0.25) is 9.89 Å². The van der Waals surface area contributed by atoms with Crippen LogP contribution in [-0.4, -0.2) is 51.6 Å². The summed E-state index contributed by atoms with van der Waals surface area (Å²) in [6.45, 7) is 2.04. The van der Waals surface area contributed by atoms with E-state index in [4.69, 9.17) is 10.00 Å². The lowest BCUT2D eigenvalue weighted by Crippen LogP contribution is -2.58. The van der Waals surface area contributed by atoms with Crippen molar-refractivity contribution in [3.63, 3.8) is 0 Å². The van der Waals surface area contributed by atoms with Crippen molar-refractivity contribution < 1.29 is 9.53 Å². The second kappa shape index (κ2) is 6.99. The lowest BCUT2D eigenvalue weighted by Gasteiger charge is -2.42. The second-order valence-electron chi connectivity index (χ2n) is 7.37. The summed E-state index contributed by atoms with van der Waals surface area (Å²) in [5.41, 5.74) is 1.91. The molecule has 2 atom stereocenters. The minimum atomic E-state index is -0.0775. The van der Waals surface area contributed by atoms with E-state index in [0.717, 1.165) is 17.9 Å². The zero-order chi connectivity index (χ0) is 19.8. The first kappa shape index (κ1) is 17.3. The Labute approximate surface area is 168 Å². The van der Waals surface area contributed by atoms with Crippen LogP contribution in [0.1, 0.15) is 10.5 Å². The van der Waals surface area contributed by atoms with Gasteiger partial charge < -0.3 is 14.5 Å². The van der Waals surface area contributed by atoms with E-state index in [1.807, 2.05) is 59.5 Å². The van der Waals surface area contributed by atoms with Gasteiger partial charge in [0.15, 0.2) is 6.19 Å². The topological polar surface area (TPSA) is 85.2 Å². The van der Waals surface area contributed by atoms with Gasteiger partial charge in [-0.25, -0.2) is 0 Å². The molecule has 1 aromatic heterocycles. The number of rotatable bonds is 4. The van der Waals surface area contributed by atoms with E-state index >= 15 is 0 Å². The molecule has 2 aliphatic rings. The summed E-state index contributed by atoms with van der Waals surface area (Å²) < 4.78 is 6.01.